The highest BCUT2D eigenvalue weighted by Crippen LogP contribution is 2.16. The number of carbonyl (C=O) groups excluding carboxylic acids is 1. The lowest BCUT2D eigenvalue weighted by atomic mass is 10.0. The third-order valence-electron chi connectivity index (χ3n) is 3.00. The lowest BCUT2D eigenvalue weighted by Gasteiger charge is -2.05. The number of hydrogen-bond acceptors (Lipinski definition) is 2. The number of Topliss-reactive ketones (excluding diaryl/α,β-unsaturated/α-hetero) is 1. The minimum absolute atomic E-state index is 0.00338. The summed E-state index contributed by atoms with van der Waals surface area (Å²) in [6.07, 6.45) is 1.93. The highest BCUT2D eigenvalue weighted by Gasteiger charge is 2.11. The Hall–Kier alpha value is -1.67. The molecule has 0 spiro atoms. The predicted molar refractivity (Wildman–Crippen MR) is 73.2 cm³/mol. The summed E-state index contributed by atoms with van der Waals surface area (Å²) in [5.74, 6) is -0.00338. The van der Waals surface area contributed by atoms with E-state index in [-0.39, 0.29) is 10.9 Å². The third kappa shape index (κ3) is 2.77. The van der Waals surface area contributed by atoms with E-state index in [1.54, 1.807) is 18.3 Å². The Bertz CT molecular complexity index is 593. The third-order valence-corrected chi connectivity index (χ3v) is 3.30. The average Bonchev–Trinajstić information content (AvgIpc) is 2.34. The standard InChI is InChI=1S/C15H14ClNO/c1-10-5-6-12(8-11(10)2)9-14(18)13-4-3-7-17-15(13)16/h3-8H,9H2,1-2H3. The van der Waals surface area contributed by atoms with Gasteiger partial charge in [-0.25, -0.2) is 4.98 Å². The number of aryl methyl sites for hydroxylation is 2. The van der Waals surface area contributed by atoms with Gasteiger partial charge in [0, 0.05) is 12.6 Å². The molecule has 18 heavy (non-hydrogen) atoms. The van der Waals surface area contributed by atoms with Crippen LogP contribution in [0.2, 0.25) is 5.15 Å². The molecule has 0 radical (unpaired) electrons. The number of halogens is 1. The Labute approximate surface area is 112 Å². The van der Waals surface area contributed by atoms with Gasteiger partial charge in [-0.15, -0.1) is 0 Å². The monoisotopic (exact) mass is 259 g/mol. The molecule has 2 aromatic rings. The van der Waals surface area contributed by atoms with Crippen molar-refractivity contribution in [1.82, 2.24) is 4.98 Å². The fraction of sp³-hybridized carbons (Fsp3) is 0.200. The fourth-order valence-corrected chi connectivity index (χ4v) is 2.01. The molecule has 0 aliphatic carbocycles. The van der Waals surface area contributed by atoms with E-state index in [0.29, 0.717) is 12.0 Å². The molecular formula is C15H14ClNO. The van der Waals surface area contributed by atoms with E-state index < -0.39 is 0 Å². The van der Waals surface area contributed by atoms with E-state index in [0.717, 1.165) is 5.56 Å². The van der Waals surface area contributed by atoms with Crippen molar-refractivity contribution < 1.29 is 4.79 Å². The van der Waals surface area contributed by atoms with Gasteiger partial charge in [-0.05, 0) is 42.7 Å². The van der Waals surface area contributed by atoms with Crippen LogP contribution in [0.3, 0.4) is 0 Å². The van der Waals surface area contributed by atoms with Crippen molar-refractivity contribution in [3.63, 3.8) is 0 Å². The van der Waals surface area contributed by atoms with Crippen LogP contribution in [-0.2, 0) is 6.42 Å². The van der Waals surface area contributed by atoms with Crippen LogP contribution >= 0.6 is 11.6 Å². The van der Waals surface area contributed by atoms with Crippen LogP contribution in [0.25, 0.3) is 0 Å². The maximum Gasteiger partial charge on any atom is 0.170 e. The molecular weight excluding hydrogens is 246 g/mol. The second kappa shape index (κ2) is 5.32. The first-order valence-corrected chi connectivity index (χ1v) is 6.15. The Balaban J connectivity index is 2.22. The minimum atomic E-state index is -0.00338. The van der Waals surface area contributed by atoms with Gasteiger partial charge in [0.2, 0.25) is 0 Å². The number of aromatic nitrogens is 1. The zero-order chi connectivity index (χ0) is 13.1. The van der Waals surface area contributed by atoms with E-state index in [1.165, 1.54) is 11.1 Å². The van der Waals surface area contributed by atoms with Crippen molar-refractivity contribution in [2.75, 3.05) is 0 Å². The summed E-state index contributed by atoms with van der Waals surface area (Å²) in [5.41, 5.74) is 3.91. The van der Waals surface area contributed by atoms with Gasteiger partial charge < -0.3 is 0 Å². The van der Waals surface area contributed by atoms with Gasteiger partial charge in [0.05, 0.1) is 5.56 Å². The van der Waals surface area contributed by atoms with Crippen LogP contribution in [0.5, 0.6) is 0 Å². The molecule has 0 unspecified atom stereocenters. The van der Waals surface area contributed by atoms with Gasteiger partial charge in [-0.3, -0.25) is 4.79 Å². The summed E-state index contributed by atoms with van der Waals surface area (Å²) in [4.78, 5) is 16.0. The number of benzene rings is 1. The molecule has 2 nitrogen and oxygen atoms in total. The van der Waals surface area contributed by atoms with Gasteiger partial charge in [0.25, 0.3) is 0 Å². The lowest BCUT2D eigenvalue weighted by molar-refractivity contribution is 0.0993. The number of rotatable bonds is 3. The van der Waals surface area contributed by atoms with Crippen LogP contribution in [0, 0.1) is 13.8 Å². The number of hydrogen-bond donors (Lipinski definition) is 0. The van der Waals surface area contributed by atoms with Crippen LogP contribution < -0.4 is 0 Å². The molecule has 0 amide bonds. The molecule has 0 bridgehead atoms. The van der Waals surface area contributed by atoms with Crippen molar-refractivity contribution in [1.29, 1.82) is 0 Å². The molecule has 0 fully saturated rings. The maximum atomic E-state index is 12.1. The lowest BCUT2D eigenvalue weighted by Crippen LogP contribution is -2.05. The molecule has 0 aliphatic heterocycles. The molecule has 3 heteroatoms. The quantitative estimate of drug-likeness (QED) is 0.620. The SMILES string of the molecule is Cc1ccc(CC(=O)c2cccnc2Cl)cc1C. The zero-order valence-electron chi connectivity index (χ0n) is 10.4. The first-order valence-electron chi connectivity index (χ1n) is 5.78. The molecule has 1 aromatic heterocycles. The average molecular weight is 260 g/mol. The Kier molecular flexibility index (Phi) is 3.78. The van der Waals surface area contributed by atoms with Crippen LogP contribution in [0.1, 0.15) is 27.0 Å². The Morgan fingerprint density at radius 1 is 1.22 bits per heavy atom. The number of pyridine rings is 1. The molecule has 1 heterocycles. The molecule has 0 aliphatic rings. The van der Waals surface area contributed by atoms with E-state index in [9.17, 15) is 4.79 Å². The van der Waals surface area contributed by atoms with Gasteiger partial charge in [0.1, 0.15) is 5.15 Å². The highest BCUT2D eigenvalue weighted by molar-refractivity contribution is 6.32. The Morgan fingerprint density at radius 3 is 2.67 bits per heavy atom. The summed E-state index contributed by atoms with van der Waals surface area (Å²) < 4.78 is 0. The second-order valence-corrected chi connectivity index (χ2v) is 4.72. The first-order chi connectivity index (χ1) is 8.58. The molecule has 2 rings (SSSR count). The molecule has 1 aromatic carbocycles. The summed E-state index contributed by atoms with van der Waals surface area (Å²) in [6, 6.07) is 9.48. The van der Waals surface area contributed by atoms with Gasteiger partial charge in [-0.2, -0.15) is 0 Å². The molecule has 0 saturated heterocycles. The maximum absolute atomic E-state index is 12.1. The van der Waals surface area contributed by atoms with Gasteiger partial charge >= 0.3 is 0 Å². The molecule has 0 saturated carbocycles. The van der Waals surface area contributed by atoms with Crippen LogP contribution in [0.4, 0.5) is 0 Å². The molecule has 92 valence electrons. The van der Waals surface area contributed by atoms with Crippen molar-refractivity contribution in [2.24, 2.45) is 0 Å². The predicted octanol–water partition coefficient (Wildman–Crippen LogP) is 3.78. The van der Waals surface area contributed by atoms with E-state index in [2.05, 4.69) is 11.9 Å². The summed E-state index contributed by atoms with van der Waals surface area (Å²) in [6.45, 7) is 4.10. The van der Waals surface area contributed by atoms with Crippen molar-refractivity contribution in [3.8, 4) is 0 Å². The zero-order valence-corrected chi connectivity index (χ0v) is 11.2. The van der Waals surface area contributed by atoms with Gasteiger partial charge in [-0.1, -0.05) is 29.8 Å². The fourth-order valence-electron chi connectivity index (χ4n) is 1.79. The molecule has 0 atom stereocenters. The van der Waals surface area contributed by atoms with Crippen molar-refractivity contribution in [3.05, 3.63) is 63.9 Å². The highest BCUT2D eigenvalue weighted by atomic mass is 35.5. The van der Waals surface area contributed by atoms with Crippen LogP contribution in [0.15, 0.2) is 36.5 Å². The van der Waals surface area contributed by atoms with E-state index in [4.69, 9.17) is 11.6 Å². The second-order valence-electron chi connectivity index (χ2n) is 4.36. The van der Waals surface area contributed by atoms with E-state index in [1.807, 2.05) is 25.1 Å². The smallest absolute Gasteiger partial charge is 0.170 e. The summed E-state index contributed by atoms with van der Waals surface area (Å²) in [7, 11) is 0. The van der Waals surface area contributed by atoms with Crippen LogP contribution in [-0.4, -0.2) is 10.8 Å². The number of nitrogens with zero attached hydrogens (tertiary/aromatic N) is 1. The normalized spacial score (nSPS) is 10.4. The van der Waals surface area contributed by atoms with Crippen molar-refractivity contribution >= 4 is 17.4 Å². The topological polar surface area (TPSA) is 30.0 Å². The number of ketones is 1. The minimum Gasteiger partial charge on any atom is -0.294 e. The number of carbonyl (C=O) groups is 1. The first kappa shape index (κ1) is 12.8. The van der Waals surface area contributed by atoms with Gasteiger partial charge in [0.15, 0.2) is 5.78 Å². The summed E-state index contributed by atoms with van der Waals surface area (Å²) >= 11 is 5.91. The van der Waals surface area contributed by atoms with Crippen molar-refractivity contribution in [2.45, 2.75) is 20.3 Å². The summed E-state index contributed by atoms with van der Waals surface area (Å²) in [5, 5.41) is 0.270. The Morgan fingerprint density at radius 2 is 2.00 bits per heavy atom. The van der Waals surface area contributed by atoms with E-state index >= 15 is 0 Å². The largest absolute Gasteiger partial charge is 0.294 e. The molecule has 0 N–H and O–H groups in total.